The van der Waals surface area contributed by atoms with Crippen LogP contribution in [0.1, 0.15) is 45.7 Å². The smallest absolute Gasteiger partial charge is 0.338 e. The van der Waals surface area contributed by atoms with Gasteiger partial charge >= 0.3 is 12.0 Å². The Morgan fingerprint density at radius 1 is 1.12 bits per heavy atom. The van der Waals surface area contributed by atoms with Gasteiger partial charge in [-0.3, -0.25) is 14.6 Å². The lowest BCUT2D eigenvalue weighted by Gasteiger charge is -2.42. The molecule has 0 aromatic heterocycles. The van der Waals surface area contributed by atoms with Crippen LogP contribution in [0, 0.1) is 0 Å². The second kappa shape index (κ2) is 10.6. The summed E-state index contributed by atoms with van der Waals surface area (Å²) in [6.45, 7) is 10.7. The average Bonchev–Trinajstić information content (AvgIpc) is 2.79. The Hall–Kier alpha value is -2.87. The first-order chi connectivity index (χ1) is 15.4. The van der Waals surface area contributed by atoms with Crippen molar-refractivity contribution in [3.8, 4) is 0 Å². The van der Waals surface area contributed by atoms with Gasteiger partial charge in [0.1, 0.15) is 0 Å². The van der Waals surface area contributed by atoms with Crippen molar-refractivity contribution in [2.45, 2.75) is 46.2 Å². The maximum absolute atomic E-state index is 13.1. The molecule has 1 saturated heterocycles. The summed E-state index contributed by atoms with van der Waals surface area (Å²) in [7, 11) is 0. The number of carbonyl (C=O) groups is 3. The van der Waals surface area contributed by atoms with Crippen LogP contribution in [0.5, 0.6) is 0 Å². The fourth-order valence-electron chi connectivity index (χ4n) is 4.52. The number of likely N-dealkylation sites (N-methyl/N-ethyl adjacent to an activating group) is 1. The third kappa shape index (κ3) is 4.96. The van der Waals surface area contributed by atoms with Gasteiger partial charge in [0.25, 0.3) is 0 Å². The standard InChI is InChI=1S/C24H34N4O4/c1-5-20(29)28-14-13-26(15-17(28)4)16-19-21(23(30)32-7-3)22(18-11-9-8-10-12-18)25-24(31)27(19)6-2/h8-12,17,22H,5-7,13-16H2,1-4H3,(H,25,31)/t17-,22+/m1/s1. The van der Waals surface area contributed by atoms with Crippen molar-refractivity contribution in [3.63, 3.8) is 0 Å². The average molecular weight is 443 g/mol. The number of hydrogen-bond donors (Lipinski definition) is 1. The highest BCUT2D eigenvalue weighted by molar-refractivity contribution is 5.95. The predicted molar refractivity (Wildman–Crippen MR) is 122 cm³/mol. The molecule has 8 heteroatoms. The van der Waals surface area contributed by atoms with Gasteiger partial charge in [-0.05, 0) is 26.3 Å². The number of nitrogens with zero attached hydrogens (tertiary/aromatic N) is 3. The Balaban J connectivity index is 1.97. The lowest BCUT2D eigenvalue weighted by molar-refractivity contribution is -0.139. The molecule has 8 nitrogen and oxygen atoms in total. The van der Waals surface area contributed by atoms with E-state index in [2.05, 4.69) is 10.2 Å². The summed E-state index contributed by atoms with van der Waals surface area (Å²) < 4.78 is 5.42. The summed E-state index contributed by atoms with van der Waals surface area (Å²) in [5.41, 5.74) is 1.98. The molecule has 2 aliphatic rings. The van der Waals surface area contributed by atoms with Crippen molar-refractivity contribution in [1.29, 1.82) is 0 Å². The number of hydrogen-bond acceptors (Lipinski definition) is 5. The van der Waals surface area contributed by atoms with E-state index in [0.717, 1.165) is 5.56 Å². The van der Waals surface area contributed by atoms with E-state index >= 15 is 0 Å². The lowest BCUT2D eigenvalue weighted by atomic mass is 9.94. The van der Waals surface area contributed by atoms with E-state index in [0.29, 0.717) is 50.4 Å². The van der Waals surface area contributed by atoms with Crippen LogP contribution >= 0.6 is 0 Å². The van der Waals surface area contributed by atoms with Gasteiger partial charge in [0.2, 0.25) is 5.91 Å². The molecule has 32 heavy (non-hydrogen) atoms. The van der Waals surface area contributed by atoms with Crippen molar-refractivity contribution >= 4 is 17.9 Å². The molecule has 3 rings (SSSR count). The molecule has 0 bridgehead atoms. The maximum Gasteiger partial charge on any atom is 0.338 e. The van der Waals surface area contributed by atoms with E-state index in [1.165, 1.54) is 0 Å². The molecule has 0 unspecified atom stereocenters. The van der Waals surface area contributed by atoms with Crippen LogP contribution in [-0.4, -0.2) is 78.0 Å². The zero-order valence-corrected chi connectivity index (χ0v) is 19.5. The zero-order valence-electron chi connectivity index (χ0n) is 19.5. The Kier molecular flexibility index (Phi) is 7.90. The lowest BCUT2D eigenvalue weighted by Crippen LogP contribution is -2.56. The van der Waals surface area contributed by atoms with E-state index in [4.69, 9.17) is 4.74 Å². The Morgan fingerprint density at radius 2 is 1.84 bits per heavy atom. The van der Waals surface area contributed by atoms with Crippen LogP contribution in [0.15, 0.2) is 41.6 Å². The summed E-state index contributed by atoms with van der Waals surface area (Å²) in [5, 5.41) is 2.99. The van der Waals surface area contributed by atoms with Gasteiger partial charge in [0.15, 0.2) is 0 Å². The Labute approximate surface area is 190 Å². The molecule has 174 valence electrons. The van der Waals surface area contributed by atoms with Crippen LogP contribution in [0.3, 0.4) is 0 Å². The molecule has 2 aliphatic heterocycles. The van der Waals surface area contributed by atoms with E-state index in [1.54, 1.807) is 11.8 Å². The molecule has 1 aromatic carbocycles. The minimum Gasteiger partial charge on any atom is -0.463 e. The van der Waals surface area contributed by atoms with Crippen molar-refractivity contribution in [3.05, 3.63) is 47.2 Å². The number of carbonyl (C=O) groups excluding carboxylic acids is 3. The maximum atomic E-state index is 13.1. The summed E-state index contributed by atoms with van der Waals surface area (Å²) >= 11 is 0. The van der Waals surface area contributed by atoms with E-state index in [9.17, 15) is 14.4 Å². The van der Waals surface area contributed by atoms with Gasteiger partial charge in [0.05, 0.1) is 18.2 Å². The van der Waals surface area contributed by atoms with Gasteiger partial charge in [-0.25, -0.2) is 9.59 Å². The molecule has 0 radical (unpaired) electrons. The fraction of sp³-hybridized carbons (Fsp3) is 0.542. The quantitative estimate of drug-likeness (QED) is 0.657. The number of rotatable bonds is 7. The van der Waals surface area contributed by atoms with E-state index in [1.807, 2.05) is 56.0 Å². The third-order valence-electron chi connectivity index (χ3n) is 6.09. The minimum absolute atomic E-state index is 0.0697. The zero-order chi connectivity index (χ0) is 23.3. The Bertz CT molecular complexity index is 870. The van der Waals surface area contributed by atoms with Gasteiger partial charge in [-0.15, -0.1) is 0 Å². The number of benzene rings is 1. The summed E-state index contributed by atoms with van der Waals surface area (Å²) in [6, 6.07) is 8.77. The number of amides is 3. The van der Waals surface area contributed by atoms with Crippen LogP contribution in [0.2, 0.25) is 0 Å². The van der Waals surface area contributed by atoms with Gasteiger partial charge in [0, 0.05) is 50.9 Å². The minimum atomic E-state index is -0.569. The highest BCUT2D eigenvalue weighted by atomic mass is 16.5. The summed E-state index contributed by atoms with van der Waals surface area (Å²) in [6.07, 6.45) is 0.491. The highest BCUT2D eigenvalue weighted by Crippen LogP contribution is 2.32. The molecule has 2 atom stereocenters. The predicted octanol–water partition coefficient (Wildman–Crippen LogP) is 2.53. The van der Waals surface area contributed by atoms with Crippen molar-refractivity contribution in [2.75, 3.05) is 39.3 Å². The second-order valence-corrected chi connectivity index (χ2v) is 8.14. The molecular formula is C24H34N4O4. The third-order valence-corrected chi connectivity index (χ3v) is 6.09. The highest BCUT2D eigenvalue weighted by Gasteiger charge is 2.39. The number of nitrogens with one attached hydrogen (secondary N) is 1. The SMILES string of the molecule is CCOC(=O)C1=C(CN2CCN(C(=O)CC)[C@H](C)C2)N(CC)C(=O)N[C@H]1c1ccccc1. The second-order valence-electron chi connectivity index (χ2n) is 8.14. The number of ether oxygens (including phenoxy) is 1. The molecule has 3 amide bonds. The van der Waals surface area contributed by atoms with Gasteiger partial charge in [-0.1, -0.05) is 37.3 Å². The van der Waals surface area contributed by atoms with Crippen molar-refractivity contribution in [1.82, 2.24) is 20.0 Å². The first-order valence-electron chi connectivity index (χ1n) is 11.5. The topological polar surface area (TPSA) is 82.2 Å². The molecule has 0 saturated carbocycles. The van der Waals surface area contributed by atoms with Crippen LogP contribution in [0.4, 0.5) is 4.79 Å². The van der Waals surface area contributed by atoms with Crippen molar-refractivity contribution < 1.29 is 19.1 Å². The molecule has 2 heterocycles. The largest absolute Gasteiger partial charge is 0.463 e. The monoisotopic (exact) mass is 442 g/mol. The molecule has 1 aromatic rings. The van der Waals surface area contributed by atoms with Crippen LogP contribution < -0.4 is 5.32 Å². The summed E-state index contributed by atoms with van der Waals surface area (Å²) in [5.74, 6) is -0.261. The number of urea groups is 1. The van der Waals surface area contributed by atoms with E-state index < -0.39 is 12.0 Å². The Morgan fingerprint density at radius 3 is 2.44 bits per heavy atom. The number of esters is 1. The van der Waals surface area contributed by atoms with Crippen LogP contribution in [-0.2, 0) is 14.3 Å². The summed E-state index contributed by atoms with van der Waals surface area (Å²) in [4.78, 5) is 44.1. The number of piperazine rings is 1. The van der Waals surface area contributed by atoms with Crippen molar-refractivity contribution in [2.24, 2.45) is 0 Å². The first-order valence-corrected chi connectivity index (χ1v) is 11.5. The van der Waals surface area contributed by atoms with Crippen LogP contribution in [0.25, 0.3) is 0 Å². The van der Waals surface area contributed by atoms with Gasteiger partial charge < -0.3 is 15.0 Å². The molecule has 1 N–H and O–H groups in total. The fourth-order valence-corrected chi connectivity index (χ4v) is 4.52. The molecule has 0 aliphatic carbocycles. The van der Waals surface area contributed by atoms with E-state index in [-0.39, 0.29) is 24.6 Å². The normalized spacial score (nSPS) is 22.1. The first kappa shape index (κ1) is 23.8. The molecule has 1 fully saturated rings. The van der Waals surface area contributed by atoms with Gasteiger partial charge in [-0.2, -0.15) is 0 Å². The molecule has 0 spiro atoms. The molecular weight excluding hydrogens is 408 g/mol.